The Kier molecular flexibility index (Phi) is 4.36. The van der Waals surface area contributed by atoms with Gasteiger partial charge in [-0.2, -0.15) is 5.10 Å². The lowest BCUT2D eigenvalue weighted by atomic mass is 10.2. The molecule has 0 radical (unpaired) electrons. The van der Waals surface area contributed by atoms with Crippen molar-refractivity contribution in [2.75, 3.05) is 5.32 Å². The van der Waals surface area contributed by atoms with E-state index < -0.39 is 0 Å². The molecule has 0 unspecified atom stereocenters. The Hall–Kier alpha value is -2.38. The molecule has 2 aromatic heterocycles. The molecule has 22 heavy (non-hydrogen) atoms. The monoisotopic (exact) mass is 327 g/mol. The number of benzene rings is 1. The second-order valence-corrected chi connectivity index (χ2v) is 5.79. The first kappa shape index (κ1) is 14.6. The molecule has 0 saturated carbocycles. The van der Waals surface area contributed by atoms with Crippen LogP contribution in [0.1, 0.15) is 12.6 Å². The quantitative estimate of drug-likeness (QED) is 0.438. The molecule has 7 heteroatoms. The summed E-state index contributed by atoms with van der Waals surface area (Å²) >= 11 is 6.64. The summed E-state index contributed by atoms with van der Waals surface area (Å²) in [4.78, 5) is 8.68. The Morgan fingerprint density at radius 3 is 2.91 bits per heavy atom. The highest BCUT2D eigenvalue weighted by atomic mass is 32.1. The zero-order valence-corrected chi connectivity index (χ0v) is 13.4. The fourth-order valence-electron chi connectivity index (χ4n) is 1.87. The minimum Gasteiger partial charge on any atom is -0.307 e. The molecule has 3 rings (SSSR count). The van der Waals surface area contributed by atoms with E-state index in [9.17, 15) is 0 Å². The van der Waals surface area contributed by atoms with Gasteiger partial charge >= 0.3 is 0 Å². The maximum Gasteiger partial charge on any atom is 0.193 e. The molecule has 0 amide bonds. The highest BCUT2D eigenvalue weighted by Crippen LogP contribution is 2.12. The number of hydrazone groups is 1. The fourth-order valence-corrected chi connectivity index (χ4v) is 2.61. The molecule has 0 saturated heterocycles. The molecule has 110 valence electrons. The number of anilines is 1. The molecule has 2 heterocycles. The number of aromatic nitrogens is 2. The zero-order valence-electron chi connectivity index (χ0n) is 11.8. The van der Waals surface area contributed by atoms with Crippen molar-refractivity contribution >= 4 is 50.4 Å². The third kappa shape index (κ3) is 3.44. The molecular formula is C15H13N5S2. The highest BCUT2D eigenvalue weighted by Gasteiger charge is 2.03. The SMILES string of the molecule is C/C(=N\NC(=S)Nc1nccs1)c1ccc2ccccc2n1. The lowest BCUT2D eigenvalue weighted by molar-refractivity contribution is 1.03. The van der Waals surface area contributed by atoms with E-state index >= 15 is 0 Å². The summed E-state index contributed by atoms with van der Waals surface area (Å²) in [6.45, 7) is 1.89. The van der Waals surface area contributed by atoms with Crippen molar-refractivity contribution in [1.82, 2.24) is 15.4 Å². The molecule has 0 fully saturated rings. The van der Waals surface area contributed by atoms with E-state index in [2.05, 4.69) is 25.8 Å². The van der Waals surface area contributed by atoms with Crippen LogP contribution in [-0.2, 0) is 0 Å². The van der Waals surface area contributed by atoms with Crippen LogP contribution in [-0.4, -0.2) is 20.8 Å². The van der Waals surface area contributed by atoms with Gasteiger partial charge in [0.15, 0.2) is 10.2 Å². The van der Waals surface area contributed by atoms with Crippen LogP contribution < -0.4 is 10.7 Å². The Labute approximate surface area is 137 Å². The number of pyridine rings is 1. The molecule has 1 aromatic carbocycles. The molecular weight excluding hydrogens is 314 g/mol. The van der Waals surface area contributed by atoms with Gasteiger partial charge in [-0.25, -0.2) is 9.97 Å². The van der Waals surface area contributed by atoms with Gasteiger partial charge in [-0.15, -0.1) is 11.3 Å². The number of fused-ring (bicyclic) bond motifs is 1. The van der Waals surface area contributed by atoms with Crippen LogP contribution in [0.25, 0.3) is 10.9 Å². The summed E-state index contributed by atoms with van der Waals surface area (Å²) in [6, 6.07) is 12.0. The minimum atomic E-state index is 0.398. The minimum absolute atomic E-state index is 0.398. The number of hydrogen-bond donors (Lipinski definition) is 2. The lowest BCUT2D eigenvalue weighted by Gasteiger charge is -2.06. The van der Waals surface area contributed by atoms with Crippen LogP contribution in [0.3, 0.4) is 0 Å². The van der Waals surface area contributed by atoms with Gasteiger partial charge in [-0.05, 0) is 31.3 Å². The fraction of sp³-hybridized carbons (Fsp3) is 0.0667. The Balaban J connectivity index is 1.71. The number of thiocarbonyl (C=S) groups is 1. The van der Waals surface area contributed by atoms with Gasteiger partial charge in [0, 0.05) is 17.0 Å². The van der Waals surface area contributed by atoms with Crippen molar-refractivity contribution < 1.29 is 0 Å². The number of hydrogen-bond acceptors (Lipinski definition) is 5. The van der Waals surface area contributed by atoms with Crippen LogP contribution in [0.4, 0.5) is 5.13 Å². The van der Waals surface area contributed by atoms with Gasteiger partial charge in [0.05, 0.1) is 16.9 Å². The number of nitrogens with zero attached hydrogens (tertiary/aromatic N) is 3. The largest absolute Gasteiger partial charge is 0.307 e. The smallest absolute Gasteiger partial charge is 0.193 e. The first-order chi connectivity index (χ1) is 10.7. The van der Waals surface area contributed by atoms with Crippen LogP contribution in [0.2, 0.25) is 0 Å². The Morgan fingerprint density at radius 1 is 1.23 bits per heavy atom. The summed E-state index contributed by atoms with van der Waals surface area (Å²) < 4.78 is 0. The van der Waals surface area contributed by atoms with E-state index in [1.165, 1.54) is 11.3 Å². The highest BCUT2D eigenvalue weighted by molar-refractivity contribution is 7.80. The summed E-state index contributed by atoms with van der Waals surface area (Å²) in [5, 5.41) is 11.3. The van der Waals surface area contributed by atoms with Gasteiger partial charge in [0.1, 0.15) is 0 Å². The molecule has 2 N–H and O–H groups in total. The van der Waals surface area contributed by atoms with Gasteiger partial charge in [-0.1, -0.05) is 24.3 Å². The van der Waals surface area contributed by atoms with E-state index in [-0.39, 0.29) is 0 Å². The Morgan fingerprint density at radius 2 is 2.09 bits per heavy atom. The molecule has 0 atom stereocenters. The second-order valence-electron chi connectivity index (χ2n) is 4.49. The van der Waals surface area contributed by atoms with Gasteiger partial charge < -0.3 is 5.32 Å². The van der Waals surface area contributed by atoms with Crippen molar-refractivity contribution in [3.8, 4) is 0 Å². The van der Waals surface area contributed by atoms with Crippen LogP contribution in [0, 0.1) is 0 Å². The molecule has 0 aliphatic carbocycles. The summed E-state index contributed by atoms with van der Waals surface area (Å²) in [7, 11) is 0. The third-order valence-corrected chi connectivity index (χ3v) is 3.83. The van der Waals surface area contributed by atoms with Crippen molar-refractivity contribution in [2.24, 2.45) is 5.10 Å². The average molecular weight is 327 g/mol. The topological polar surface area (TPSA) is 62.2 Å². The van der Waals surface area contributed by atoms with Gasteiger partial charge in [0.25, 0.3) is 0 Å². The molecule has 0 spiro atoms. The average Bonchev–Trinajstić information content (AvgIpc) is 3.05. The number of thiazole rings is 1. The van der Waals surface area contributed by atoms with E-state index in [1.54, 1.807) is 6.20 Å². The van der Waals surface area contributed by atoms with Crippen molar-refractivity contribution in [3.63, 3.8) is 0 Å². The van der Waals surface area contributed by atoms with Crippen molar-refractivity contribution in [1.29, 1.82) is 0 Å². The predicted octanol–water partition coefficient (Wildman–Crippen LogP) is 3.40. The Bertz CT molecular complexity index is 827. The maximum atomic E-state index is 5.16. The first-order valence-corrected chi connectivity index (χ1v) is 7.88. The number of nitrogens with one attached hydrogen (secondary N) is 2. The summed E-state index contributed by atoms with van der Waals surface area (Å²) in [6.07, 6.45) is 1.71. The molecule has 3 aromatic rings. The predicted molar refractivity (Wildman–Crippen MR) is 95.4 cm³/mol. The van der Waals surface area contributed by atoms with Crippen LogP contribution in [0.5, 0.6) is 0 Å². The number of para-hydroxylation sites is 1. The molecule has 0 aliphatic rings. The van der Waals surface area contributed by atoms with Crippen LogP contribution in [0.15, 0.2) is 53.1 Å². The summed E-state index contributed by atoms with van der Waals surface area (Å²) in [5.74, 6) is 0. The molecule has 0 aliphatic heterocycles. The van der Waals surface area contributed by atoms with Gasteiger partial charge in [-0.3, -0.25) is 5.43 Å². The first-order valence-electron chi connectivity index (χ1n) is 6.59. The van der Waals surface area contributed by atoms with Gasteiger partial charge in [0.2, 0.25) is 0 Å². The van der Waals surface area contributed by atoms with E-state index in [0.717, 1.165) is 27.4 Å². The second kappa shape index (κ2) is 6.59. The standard InChI is InChI=1S/C15H13N5S2/c1-10(19-20-14(21)18-15-16-8-9-22-15)12-7-6-11-4-2-3-5-13(11)17-12/h2-9H,1H3,(H2,16,18,20,21)/b19-10+. The van der Waals surface area contributed by atoms with Crippen LogP contribution >= 0.6 is 23.6 Å². The molecule has 0 bridgehead atoms. The molecule has 5 nitrogen and oxygen atoms in total. The van der Waals surface area contributed by atoms with E-state index in [1.807, 2.05) is 48.7 Å². The van der Waals surface area contributed by atoms with Crippen molar-refractivity contribution in [2.45, 2.75) is 6.92 Å². The third-order valence-electron chi connectivity index (χ3n) is 2.95. The maximum absolute atomic E-state index is 5.16. The zero-order chi connectivity index (χ0) is 15.4. The van der Waals surface area contributed by atoms with Crippen molar-refractivity contribution in [3.05, 3.63) is 53.7 Å². The van der Waals surface area contributed by atoms with E-state index in [4.69, 9.17) is 12.2 Å². The van der Waals surface area contributed by atoms with E-state index in [0.29, 0.717) is 5.11 Å². The normalized spacial score (nSPS) is 11.4. The number of rotatable bonds is 3. The summed E-state index contributed by atoms with van der Waals surface area (Å²) in [5.41, 5.74) is 5.31. The lowest BCUT2D eigenvalue weighted by Crippen LogP contribution is -2.25.